The van der Waals surface area contributed by atoms with E-state index in [1.54, 1.807) is 13.4 Å². The van der Waals surface area contributed by atoms with Crippen LogP contribution in [0.5, 0.6) is 0 Å². The van der Waals surface area contributed by atoms with Gasteiger partial charge in [0.2, 0.25) is 0 Å². The van der Waals surface area contributed by atoms with Crippen LogP contribution in [0.3, 0.4) is 0 Å². The normalized spacial score (nSPS) is 15.2. The van der Waals surface area contributed by atoms with Gasteiger partial charge in [-0.1, -0.05) is 11.6 Å². The van der Waals surface area contributed by atoms with Crippen LogP contribution in [-0.4, -0.2) is 56.3 Å². The highest BCUT2D eigenvalue weighted by atomic mass is 35.5. The Labute approximate surface area is 179 Å². The molecule has 0 radical (unpaired) electrons. The first kappa shape index (κ1) is 20.7. The van der Waals surface area contributed by atoms with Gasteiger partial charge in [0.1, 0.15) is 0 Å². The second kappa shape index (κ2) is 8.65. The highest BCUT2D eigenvalue weighted by Gasteiger charge is 2.17. The molecule has 1 aliphatic rings. The Morgan fingerprint density at radius 2 is 1.60 bits per heavy atom. The lowest BCUT2D eigenvalue weighted by Gasteiger charge is -2.36. The third-order valence-electron chi connectivity index (χ3n) is 5.90. The smallest absolute Gasteiger partial charge is 0.332 e. The van der Waals surface area contributed by atoms with Crippen molar-refractivity contribution in [2.45, 2.75) is 19.4 Å². The number of piperazine rings is 1. The van der Waals surface area contributed by atoms with E-state index in [1.165, 1.54) is 17.3 Å². The number of aromatic nitrogens is 4. The summed E-state index contributed by atoms with van der Waals surface area (Å²) in [4.78, 5) is 33.7. The summed E-state index contributed by atoms with van der Waals surface area (Å²) in [6.07, 6.45) is 3.66. The van der Waals surface area contributed by atoms with E-state index < -0.39 is 0 Å². The number of unbranched alkanes of at least 4 members (excludes halogenated alkanes) is 1. The minimum atomic E-state index is -0.351. The van der Waals surface area contributed by atoms with Crippen LogP contribution in [-0.2, 0) is 20.6 Å². The Morgan fingerprint density at radius 1 is 0.933 bits per heavy atom. The van der Waals surface area contributed by atoms with Gasteiger partial charge in [-0.3, -0.25) is 18.8 Å². The molecule has 1 aliphatic heterocycles. The van der Waals surface area contributed by atoms with Gasteiger partial charge in [0.15, 0.2) is 11.2 Å². The fourth-order valence-corrected chi connectivity index (χ4v) is 4.19. The van der Waals surface area contributed by atoms with Gasteiger partial charge in [-0.2, -0.15) is 0 Å². The van der Waals surface area contributed by atoms with Crippen molar-refractivity contribution in [1.82, 2.24) is 23.6 Å². The van der Waals surface area contributed by atoms with Crippen molar-refractivity contribution in [1.29, 1.82) is 0 Å². The van der Waals surface area contributed by atoms with Gasteiger partial charge in [0.05, 0.1) is 6.33 Å². The fourth-order valence-electron chi connectivity index (χ4n) is 4.07. The Kier molecular flexibility index (Phi) is 5.97. The SMILES string of the molecule is Cn1c(=O)c2c(ncn2CCCCN2CCN(c3ccc(Cl)cc3)CC2)n(C)c1=O. The highest BCUT2D eigenvalue weighted by Crippen LogP contribution is 2.19. The van der Waals surface area contributed by atoms with Crippen LogP contribution >= 0.6 is 11.6 Å². The zero-order valence-corrected chi connectivity index (χ0v) is 18.2. The number of hydrogen-bond acceptors (Lipinski definition) is 5. The quantitative estimate of drug-likeness (QED) is 0.557. The number of halogens is 1. The molecule has 0 atom stereocenters. The number of benzene rings is 1. The average molecular weight is 431 g/mol. The van der Waals surface area contributed by atoms with Gasteiger partial charge in [-0.05, 0) is 43.7 Å². The van der Waals surface area contributed by atoms with Crippen molar-refractivity contribution in [3.05, 3.63) is 56.5 Å². The van der Waals surface area contributed by atoms with Crippen LogP contribution in [0.15, 0.2) is 40.2 Å². The number of anilines is 1. The summed E-state index contributed by atoms with van der Waals surface area (Å²) in [7, 11) is 3.15. The van der Waals surface area contributed by atoms with E-state index >= 15 is 0 Å². The van der Waals surface area contributed by atoms with Gasteiger partial charge in [-0.15, -0.1) is 0 Å². The summed E-state index contributed by atoms with van der Waals surface area (Å²) in [5, 5.41) is 0.767. The molecule has 3 heterocycles. The average Bonchev–Trinajstić information content (AvgIpc) is 3.19. The molecule has 9 heteroatoms. The zero-order chi connectivity index (χ0) is 21.3. The molecule has 2 aromatic heterocycles. The lowest BCUT2D eigenvalue weighted by atomic mass is 10.2. The van der Waals surface area contributed by atoms with Gasteiger partial charge in [0, 0.05) is 57.5 Å². The summed E-state index contributed by atoms with van der Waals surface area (Å²) < 4.78 is 4.43. The van der Waals surface area contributed by atoms with Gasteiger partial charge in [-0.25, -0.2) is 9.78 Å². The molecule has 30 heavy (non-hydrogen) atoms. The molecule has 4 rings (SSSR count). The number of imidazole rings is 1. The number of aryl methyl sites for hydroxylation is 2. The summed E-state index contributed by atoms with van der Waals surface area (Å²) >= 11 is 5.98. The van der Waals surface area contributed by atoms with Gasteiger partial charge < -0.3 is 9.47 Å². The molecule has 3 aromatic rings. The Morgan fingerprint density at radius 3 is 2.30 bits per heavy atom. The minimum Gasteiger partial charge on any atom is -0.369 e. The molecule has 1 aromatic carbocycles. The molecule has 8 nitrogen and oxygen atoms in total. The lowest BCUT2D eigenvalue weighted by Crippen LogP contribution is -2.46. The van der Waals surface area contributed by atoms with Crippen molar-refractivity contribution in [3.8, 4) is 0 Å². The molecule has 1 fully saturated rings. The predicted molar refractivity (Wildman–Crippen MR) is 120 cm³/mol. The first-order valence-electron chi connectivity index (χ1n) is 10.3. The first-order valence-corrected chi connectivity index (χ1v) is 10.7. The first-order chi connectivity index (χ1) is 14.5. The molecule has 0 saturated carbocycles. The molecule has 0 N–H and O–H groups in total. The molecular formula is C21H27ClN6O2. The molecular weight excluding hydrogens is 404 g/mol. The van der Waals surface area contributed by atoms with E-state index in [4.69, 9.17) is 11.6 Å². The van der Waals surface area contributed by atoms with Crippen molar-refractivity contribution in [2.75, 3.05) is 37.6 Å². The number of hydrogen-bond donors (Lipinski definition) is 0. The topological polar surface area (TPSA) is 68.3 Å². The summed E-state index contributed by atoms with van der Waals surface area (Å²) in [6, 6.07) is 8.03. The Bertz CT molecular complexity index is 1140. The maximum atomic E-state index is 12.5. The van der Waals surface area contributed by atoms with E-state index in [9.17, 15) is 9.59 Å². The van der Waals surface area contributed by atoms with E-state index in [0.717, 1.165) is 55.2 Å². The zero-order valence-electron chi connectivity index (χ0n) is 17.4. The van der Waals surface area contributed by atoms with E-state index in [1.807, 2.05) is 16.7 Å². The Balaban J connectivity index is 1.29. The van der Waals surface area contributed by atoms with E-state index in [0.29, 0.717) is 17.7 Å². The summed E-state index contributed by atoms with van der Waals surface area (Å²) in [6.45, 7) is 5.86. The largest absolute Gasteiger partial charge is 0.369 e. The second-order valence-electron chi connectivity index (χ2n) is 7.83. The summed E-state index contributed by atoms with van der Waals surface area (Å²) in [5.74, 6) is 0. The van der Waals surface area contributed by atoms with E-state index in [-0.39, 0.29) is 11.2 Å². The second-order valence-corrected chi connectivity index (χ2v) is 8.26. The van der Waals surface area contributed by atoms with Crippen LogP contribution in [0.1, 0.15) is 12.8 Å². The van der Waals surface area contributed by atoms with Crippen molar-refractivity contribution in [3.63, 3.8) is 0 Å². The maximum absolute atomic E-state index is 12.5. The molecule has 0 spiro atoms. The standard InChI is InChI=1S/C21H27ClN6O2/c1-24-19-18(20(29)25(2)21(24)30)28(15-23-19)10-4-3-9-26-11-13-27(14-12-26)17-7-5-16(22)6-8-17/h5-8,15H,3-4,9-14H2,1-2H3. The number of nitrogens with zero attached hydrogens (tertiary/aromatic N) is 6. The maximum Gasteiger partial charge on any atom is 0.332 e. The Hall–Kier alpha value is -2.58. The third kappa shape index (κ3) is 4.02. The van der Waals surface area contributed by atoms with Gasteiger partial charge >= 0.3 is 5.69 Å². The minimum absolute atomic E-state index is 0.288. The van der Waals surface area contributed by atoms with Crippen LogP contribution in [0.25, 0.3) is 11.2 Å². The van der Waals surface area contributed by atoms with Crippen LogP contribution < -0.4 is 16.1 Å². The molecule has 0 unspecified atom stereocenters. The summed E-state index contributed by atoms with van der Waals surface area (Å²) in [5.41, 5.74) is 1.53. The number of fused-ring (bicyclic) bond motifs is 1. The third-order valence-corrected chi connectivity index (χ3v) is 6.16. The van der Waals surface area contributed by atoms with Crippen molar-refractivity contribution >= 4 is 28.5 Å². The van der Waals surface area contributed by atoms with Crippen LogP contribution in [0, 0.1) is 0 Å². The van der Waals surface area contributed by atoms with Crippen molar-refractivity contribution in [2.24, 2.45) is 14.1 Å². The van der Waals surface area contributed by atoms with Gasteiger partial charge in [0.25, 0.3) is 5.56 Å². The molecule has 1 saturated heterocycles. The van der Waals surface area contributed by atoms with E-state index in [2.05, 4.69) is 26.9 Å². The highest BCUT2D eigenvalue weighted by molar-refractivity contribution is 6.30. The van der Waals surface area contributed by atoms with Crippen LogP contribution in [0.2, 0.25) is 5.02 Å². The van der Waals surface area contributed by atoms with Crippen molar-refractivity contribution < 1.29 is 0 Å². The van der Waals surface area contributed by atoms with Crippen LogP contribution in [0.4, 0.5) is 5.69 Å². The monoisotopic (exact) mass is 430 g/mol. The molecule has 160 valence electrons. The molecule has 0 bridgehead atoms. The molecule has 0 aliphatic carbocycles. The molecule has 0 amide bonds. The fraction of sp³-hybridized carbons (Fsp3) is 0.476. The lowest BCUT2D eigenvalue weighted by molar-refractivity contribution is 0.251. The number of rotatable bonds is 6. The predicted octanol–water partition coefficient (Wildman–Crippen LogP) is 1.69.